The van der Waals surface area contributed by atoms with Gasteiger partial charge < -0.3 is 4.79 Å². The van der Waals surface area contributed by atoms with Crippen LogP contribution in [0.25, 0.3) is 0 Å². The molecule has 88 valence electrons. The molecule has 1 rings (SSSR count). The number of rotatable bonds is 4. The SMILES string of the molecule is CC(C)NS(=O)(=O)N1CCCCC1C=O. The van der Waals surface area contributed by atoms with Crippen molar-refractivity contribution < 1.29 is 13.2 Å². The minimum atomic E-state index is -3.49. The van der Waals surface area contributed by atoms with E-state index in [2.05, 4.69) is 4.72 Å². The molecule has 0 saturated carbocycles. The molecule has 0 radical (unpaired) electrons. The second-order valence-electron chi connectivity index (χ2n) is 4.09. The molecule has 5 nitrogen and oxygen atoms in total. The van der Waals surface area contributed by atoms with Gasteiger partial charge in [-0.3, -0.25) is 0 Å². The molecule has 0 aromatic heterocycles. The molecule has 0 amide bonds. The van der Waals surface area contributed by atoms with E-state index in [-0.39, 0.29) is 6.04 Å². The Hall–Kier alpha value is -0.460. The summed E-state index contributed by atoms with van der Waals surface area (Å²) in [6.45, 7) is 3.96. The van der Waals surface area contributed by atoms with E-state index in [0.29, 0.717) is 13.0 Å². The number of hydrogen-bond acceptors (Lipinski definition) is 3. The van der Waals surface area contributed by atoms with Crippen LogP contribution in [0, 0.1) is 0 Å². The largest absolute Gasteiger partial charge is 0.302 e. The molecule has 1 N–H and O–H groups in total. The van der Waals surface area contributed by atoms with E-state index >= 15 is 0 Å². The Kier molecular flexibility index (Phi) is 4.24. The lowest BCUT2D eigenvalue weighted by atomic mass is 10.1. The predicted octanol–water partition coefficient (Wildman–Crippen LogP) is 0.283. The molecule has 15 heavy (non-hydrogen) atoms. The van der Waals surface area contributed by atoms with Crippen molar-refractivity contribution in [1.29, 1.82) is 0 Å². The molecule has 1 aliphatic heterocycles. The van der Waals surface area contributed by atoms with E-state index in [0.717, 1.165) is 19.1 Å². The first-order valence-corrected chi connectivity index (χ1v) is 6.66. The van der Waals surface area contributed by atoms with Crippen LogP contribution in [-0.4, -0.2) is 37.6 Å². The monoisotopic (exact) mass is 234 g/mol. The number of piperidine rings is 1. The van der Waals surface area contributed by atoms with Gasteiger partial charge in [0.15, 0.2) is 0 Å². The van der Waals surface area contributed by atoms with Crippen molar-refractivity contribution in [2.75, 3.05) is 6.54 Å². The molecule has 0 bridgehead atoms. The van der Waals surface area contributed by atoms with Crippen LogP contribution < -0.4 is 4.72 Å². The zero-order chi connectivity index (χ0) is 11.5. The summed E-state index contributed by atoms with van der Waals surface area (Å²) in [5.41, 5.74) is 0. The minimum absolute atomic E-state index is 0.149. The summed E-state index contributed by atoms with van der Waals surface area (Å²) in [7, 11) is -3.49. The number of carbonyl (C=O) groups excluding carboxylic acids is 1. The zero-order valence-corrected chi connectivity index (χ0v) is 9.96. The third kappa shape index (κ3) is 3.25. The van der Waals surface area contributed by atoms with Gasteiger partial charge in [-0.15, -0.1) is 0 Å². The van der Waals surface area contributed by atoms with Crippen LogP contribution in [0.3, 0.4) is 0 Å². The van der Waals surface area contributed by atoms with Gasteiger partial charge in [0.25, 0.3) is 10.2 Å². The average Bonchev–Trinajstić information content (AvgIpc) is 2.16. The van der Waals surface area contributed by atoms with Crippen LogP contribution >= 0.6 is 0 Å². The molecule has 1 saturated heterocycles. The molecule has 6 heteroatoms. The van der Waals surface area contributed by atoms with Crippen molar-refractivity contribution in [1.82, 2.24) is 9.03 Å². The van der Waals surface area contributed by atoms with E-state index in [1.807, 2.05) is 0 Å². The lowest BCUT2D eigenvalue weighted by molar-refractivity contribution is -0.111. The standard InChI is InChI=1S/C9H18N2O3S/c1-8(2)10-15(13,14)11-6-4-3-5-9(11)7-12/h7-10H,3-6H2,1-2H3. The zero-order valence-electron chi connectivity index (χ0n) is 9.14. The molecule has 0 aliphatic carbocycles. The highest BCUT2D eigenvalue weighted by molar-refractivity contribution is 7.87. The Labute approximate surface area is 91.0 Å². The van der Waals surface area contributed by atoms with Gasteiger partial charge in [0.1, 0.15) is 6.29 Å². The Morgan fingerprint density at radius 3 is 2.60 bits per heavy atom. The summed E-state index contributed by atoms with van der Waals surface area (Å²) < 4.78 is 27.4. The lowest BCUT2D eigenvalue weighted by Gasteiger charge is -2.31. The number of hydrogen-bond donors (Lipinski definition) is 1. The quantitative estimate of drug-likeness (QED) is 0.711. The van der Waals surface area contributed by atoms with Gasteiger partial charge in [-0.25, -0.2) is 0 Å². The van der Waals surface area contributed by atoms with Crippen LogP contribution in [0.5, 0.6) is 0 Å². The fraction of sp³-hybridized carbons (Fsp3) is 0.889. The summed E-state index contributed by atoms with van der Waals surface area (Å²) in [6.07, 6.45) is 3.08. The summed E-state index contributed by atoms with van der Waals surface area (Å²) in [5, 5.41) is 0. The van der Waals surface area contributed by atoms with Gasteiger partial charge >= 0.3 is 0 Å². The third-order valence-corrected chi connectivity index (χ3v) is 4.19. The molecule has 1 heterocycles. The fourth-order valence-corrected chi connectivity index (χ4v) is 3.34. The van der Waals surface area contributed by atoms with Crippen molar-refractivity contribution in [3.8, 4) is 0 Å². The van der Waals surface area contributed by atoms with Crippen molar-refractivity contribution >= 4 is 16.5 Å². The van der Waals surface area contributed by atoms with Crippen molar-refractivity contribution in [3.63, 3.8) is 0 Å². The first kappa shape index (κ1) is 12.6. The van der Waals surface area contributed by atoms with Gasteiger partial charge in [0.2, 0.25) is 0 Å². The number of aldehydes is 1. The van der Waals surface area contributed by atoms with Crippen LogP contribution in [-0.2, 0) is 15.0 Å². The van der Waals surface area contributed by atoms with Crippen LogP contribution in [0.1, 0.15) is 33.1 Å². The van der Waals surface area contributed by atoms with E-state index in [9.17, 15) is 13.2 Å². The average molecular weight is 234 g/mol. The first-order valence-electron chi connectivity index (χ1n) is 5.22. The highest BCUT2D eigenvalue weighted by Gasteiger charge is 2.32. The second-order valence-corrected chi connectivity index (χ2v) is 5.74. The molecule has 1 unspecified atom stereocenters. The summed E-state index contributed by atoms with van der Waals surface area (Å²) in [6, 6.07) is -0.640. The number of nitrogens with one attached hydrogen (secondary N) is 1. The van der Waals surface area contributed by atoms with E-state index < -0.39 is 16.3 Å². The van der Waals surface area contributed by atoms with E-state index in [1.54, 1.807) is 13.8 Å². The smallest absolute Gasteiger partial charge is 0.280 e. The Morgan fingerprint density at radius 1 is 1.40 bits per heavy atom. The van der Waals surface area contributed by atoms with Gasteiger partial charge in [-0.05, 0) is 26.7 Å². The number of nitrogens with zero attached hydrogens (tertiary/aromatic N) is 1. The predicted molar refractivity (Wildman–Crippen MR) is 57.6 cm³/mol. The molecule has 0 aromatic carbocycles. The van der Waals surface area contributed by atoms with Crippen molar-refractivity contribution in [2.24, 2.45) is 0 Å². The molecular weight excluding hydrogens is 216 g/mol. The Morgan fingerprint density at radius 2 is 2.07 bits per heavy atom. The molecule has 0 aromatic rings. The topological polar surface area (TPSA) is 66.5 Å². The molecular formula is C9H18N2O3S. The summed E-state index contributed by atoms with van der Waals surface area (Å²) in [4.78, 5) is 10.8. The van der Waals surface area contributed by atoms with E-state index in [4.69, 9.17) is 0 Å². The highest BCUT2D eigenvalue weighted by atomic mass is 32.2. The first-order chi connectivity index (χ1) is 6.97. The number of carbonyl (C=O) groups is 1. The van der Waals surface area contributed by atoms with Crippen LogP contribution in [0.2, 0.25) is 0 Å². The normalized spacial score (nSPS) is 24.3. The van der Waals surface area contributed by atoms with Gasteiger partial charge in [-0.2, -0.15) is 17.4 Å². The third-order valence-electron chi connectivity index (χ3n) is 2.35. The highest BCUT2D eigenvalue weighted by Crippen LogP contribution is 2.18. The fourth-order valence-electron chi connectivity index (χ4n) is 1.73. The van der Waals surface area contributed by atoms with Crippen molar-refractivity contribution in [2.45, 2.75) is 45.2 Å². The summed E-state index contributed by atoms with van der Waals surface area (Å²) in [5.74, 6) is 0. The van der Waals surface area contributed by atoms with Gasteiger partial charge in [-0.1, -0.05) is 6.42 Å². The molecule has 0 spiro atoms. The molecule has 1 fully saturated rings. The Balaban J connectivity index is 2.79. The van der Waals surface area contributed by atoms with Crippen LogP contribution in [0.4, 0.5) is 0 Å². The maximum absolute atomic E-state index is 11.8. The minimum Gasteiger partial charge on any atom is -0.302 e. The Bertz CT molecular complexity index is 313. The van der Waals surface area contributed by atoms with Gasteiger partial charge in [0.05, 0.1) is 6.04 Å². The van der Waals surface area contributed by atoms with Crippen molar-refractivity contribution in [3.05, 3.63) is 0 Å². The van der Waals surface area contributed by atoms with Gasteiger partial charge in [0, 0.05) is 12.6 Å². The molecule has 1 atom stereocenters. The second kappa shape index (κ2) is 5.05. The maximum Gasteiger partial charge on any atom is 0.280 e. The molecule has 1 aliphatic rings. The summed E-state index contributed by atoms with van der Waals surface area (Å²) >= 11 is 0. The van der Waals surface area contributed by atoms with Crippen LogP contribution in [0.15, 0.2) is 0 Å². The lowest BCUT2D eigenvalue weighted by Crippen LogP contribution is -2.51. The maximum atomic E-state index is 11.8. The van der Waals surface area contributed by atoms with E-state index in [1.165, 1.54) is 4.31 Å².